The van der Waals surface area contributed by atoms with Gasteiger partial charge in [-0.3, -0.25) is 0 Å². The van der Waals surface area contributed by atoms with E-state index in [9.17, 15) is 8.78 Å². The SMILES string of the molecule is Fc1cccc(Cl)c1CC(Cl)c1c(F)cccc1Cl. The molecule has 0 N–H and O–H groups in total. The molecule has 0 fully saturated rings. The van der Waals surface area contributed by atoms with Gasteiger partial charge in [-0.1, -0.05) is 35.3 Å². The van der Waals surface area contributed by atoms with Crippen LogP contribution in [-0.2, 0) is 6.42 Å². The summed E-state index contributed by atoms with van der Waals surface area (Å²) >= 11 is 18.0. The smallest absolute Gasteiger partial charge is 0.129 e. The number of hydrogen-bond donors (Lipinski definition) is 0. The van der Waals surface area contributed by atoms with Gasteiger partial charge in [-0.2, -0.15) is 0 Å². The van der Waals surface area contributed by atoms with E-state index >= 15 is 0 Å². The Balaban J connectivity index is 2.34. The first-order valence-electron chi connectivity index (χ1n) is 5.51. The highest BCUT2D eigenvalue weighted by Crippen LogP contribution is 2.35. The van der Waals surface area contributed by atoms with Crippen molar-refractivity contribution in [2.75, 3.05) is 0 Å². The lowest BCUT2D eigenvalue weighted by atomic mass is 10.0. The second kappa shape index (κ2) is 6.08. The number of alkyl halides is 1. The van der Waals surface area contributed by atoms with E-state index in [1.165, 1.54) is 30.3 Å². The highest BCUT2D eigenvalue weighted by molar-refractivity contribution is 6.33. The maximum Gasteiger partial charge on any atom is 0.129 e. The van der Waals surface area contributed by atoms with E-state index in [1.54, 1.807) is 6.07 Å². The van der Waals surface area contributed by atoms with Crippen LogP contribution >= 0.6 is 34.8 Å². The summed E-state index contributed by atoms with van der Waals surface area (Å²) < 4.78 is 27.4. The molecule has 1 atom stereocenters. The normalized spacial score (nSPS) is 12.5. The van der Waals surface area contributed by atoms with Gasteiger partial charge in [0.1, 0.15) is 11.6 Å². The Morgan fingerprint density at radius 1 is 0.895 bits per heavy atom. The lowest BCUT2D eigenvalue weighted by Crippen LogP contribution is -2.02. The number of hydrogen-bond acceptors (Lipinski definition) is 0. The van der Waals surface area contributed by atoms with Crippen LogP contribution in [0.4, 0.5) is 8.78 Å². The van der Waals surface area contributed by atoms with E-state index < -0.39 is 17.0 Å². The Morgan fingerprint density at radius 2 is 1.47 bits per heavy atom. The van der Waals surface area contributed by atoms with Gasteiger partial charge in [-0.15, -0.1) is 11.6 Å². The first-order chi connectivity index (χ1) is 9.00. The van der Waals surface area contributed by atoms with E-state index in [2.05, 4.69) is 0 Å². The van der Waals surface area contributed by atoms with Crippen molar-refractivity contribution in [2.45, 2.75) is 11.8 Å². The molecule has 2 aromatic rings. The van der Waals surface area contributed by atoms with Gasteiger partial charge in [0.2, 0.25) is 0 Å². The third-order valence-corrected chi connectivity index (χ3v) is 3.81. The van der Waals surface area contributed by atoms with Crippen LogP contribution in [-0.4, -0.2) is 0 Å². The largest absolute Gasteiger partial charge is 0.207 e. The molecule has 0 spiro atoms. The minimum atomic E-state index is -0.789. The zero-order valence-corrected chi connectivity index (χ0v) is 11.9. The van der Waals surface area contributed by atoms with Crippen molar-refractivity contribution in [1.29, 1.82) is 0 Å². The molecular formula is C14H9Cl3F2. The molecule has 0 aliphatic heterocycles. The Labute approximate surface area is 124 Å². The summed E-state index contributed by atoms with van der Waals surface area (Å²) in [5.74, 6) is -0.981. The predicted octanol–water partition coefficient (Wildman–Crippen LogP) is 5.79. The number of benzene rings is 2. The molecule has 100 valence electrons. The summed E-state index contributed by atoms with van der Waals surface area (Å²) in [4.78, 5) is 0. The summed E-state index contributed by atoms with van der Waals surface area (Å²) in [7, 11) is 0. The van der Waals surface area contributed by atoms with Crippen molar-refractivity contribution >= 4 is 34.8 Å². The van der Waals surface area contributed by atoms with Crippen molar-refractivity contribution < 1.29 is 8.78 Å². The molecule has 1 unspecified atom stereocenters. The Bertz CT molecular complexity index is 559. The van der Waals surface area contributed by atoms with Crippen molar-refractivity contribution in [2.24, 2.45) is 0 Å². The van der Waals surface area contributed by atoms with Gasteiger partial charge in [0.05, 0.1) is 5.38 Å². The monoisotopic (exact) mass is 320 g/mol. The quantitative estimate of drug-likeness (QED) is 0.627. The molecule has 0 aliphatic rings. The number of rotatable bonds is 3. The minimum Gasteiger partial charge on any atom is -0.207 e. The molecule has 0 bridgehead atoms. The molecule has 0 amide bonds. The third-order valence-electron chi connectivity index (χ3n) is 2.76. The average molecular weight is 322 g/mol. The third kappa shape index (κ3) is 3.19. The van der Waals surface area contributed by atoms with E-state index in [1.807, 2.05) is 0 Å². The average Bonchev–Trinajstić information content (AvgIpc) is 2.34. The van der Waals surface area contributed by atoms with E-state index in [-0.39, 0.29) is 27.6 Å². The minimum absolute atomic E-state index is 0.0632. The zero-order chi connectivity index (χ0) is 14.0. The van der Waals surface area contributed by atoms with Crippen LogP contribution in [0.3, 0.4) is 0 Å². The molecule has 19 heavy (non-hydrogen) atoms. The molecule has 0 nitrogen and oxygen atoms in total. The molecule has 0 radical (unpaired) electrons. The van der Waals surface area contributed by atoms with Crippen LogP contribution in [0.2, 0.25) is 10.0 Å². The van der Waals surface area contributed by atoms with Crippen LogP contribution in [0.5, 0.6) is 0 Å². The second-order valence-electron chi connectivity index (χ2n) is 4.01. The Kier molecular flexibility index (Phi) is 4.67. The number of halogens is 5. The predicted molar refractivity (Wildman–Crippen MR) is 75.1 cm³/mol. The summed E-state index contributed by atoms with van der Waals surface area (Å²) in [6.45, 7) is 0. The van der Waals surface area contributed by atoms with Crippen LogP contribution < -0.4 is 0 Å². The molecule has 0 aliphatic carbocycles. The summed E-state index contributed by atoms with van der Waals surface area (Å²) in [5.41, 5.74) is 0.411. The van der Waals surface area contributed by atoms with Crippen molar-refractivity contribution in [3.05, 3.63) is 69.2 Å². The van der Waals surface area contributed by atoms with Crippen LogP contribution in [0.15, 0.2) is 36.4 Å². The highest BCUT2D eigenvalue weighted by atomic mass is 35.5. The Hall–Kier alpha value is -0.830. The van der Waals surface area contributed by atoms with Crippen LogP contribution in [0, 0.1) is 11.6 Å². The fraction of sp³-hybridized carbons (Fsp3) is 0.143. The van der Waals surface area contributed by atoms with Gasteiger partial charge < -0.3 is 0 Å². The van der Waals surface area contributed by atoms with Gasteiger partial charge in [-0.05, 0) is 30.7 Å². The van der Waals surface area contributed by atoms with Crippen LogP contribution in [0.1, 0.15) is 16.5 Å². The van der Waals surface area contributed by atoms with Gasteiger partial charge >= 0.3 is 0 Å². The second-order valence-corrected chi connectivity index (χ2v) is 5.35. The lowest BCUT2D eigenvalue weighted by Gasteiger charge is -2.14. The highest BCUT2D eigenvalue weighted by Gasteiger charge is 2.20. The molecule has 0 aromatic heterocycles. The van der Waals surface area contributed by atoms with Gasteiger partial charge in [0, 0.05) is 21.2 Å². The van der Waals surface area contributed by atoms with Gasteiger partial charge in [0.15, 0.2) is 0 Å². The lowest BCUT2D eigenvalue weighted by molar-refractivity contribution is 0.592. The molecule has 2 rings (SSSR count). The Morgan fingerprint density at radius 3 is 2.05 bits per heavy atom. The maximum absolute atomic E-state index is 13.7. The molecule has 0 saturated carbocycles. The van der Waals surface area contributed by atoms with Crippen molar-refractivity contribution in [3.8, 4) is 0 Å². The molecular weight excluding hydrogens is 313 g/mol. The standard InChI is InChI=1S/C14H9Cl3F2/c15-9-3-1-5-12(18)8(9)7-11(17)14-10(16)4-2-6-13(14)19/h1-6,11H,7H2. The van der Waals surface area contributed by atoms with E-state index in [4.69, 9.17) is 34.8 Å². The zero-order valence-electron chi connectivity index (χ0n) is 9.64. The van der Waals surface area contributed by atoms with E-state index in [0.29, 0.717) is 0 Å². The molecule has 2 aromatic carbocycles. The fourth-order valence-electron chi connectivity index (χ4n) is 1.82. The first kappa shape index (κ1) is 14.6. The summed E-state index contributed by atoms with van der Waals surface area (Å²) in [5, 5.41) is -0.311. The van der Waals surface area contributed by atoms with Crippen molar-refractivity contribution in [1.82, 2.24) is 0 Å². The van der Waals surface area contributed by atoms with Crippen molar-refractivity contribution in [3.63, 3.8) is 0 Å². The van der Waals surface area contributed by atoms with E-state index in [0.717, 1.165) is 0 Å². The molecule has 5 heteroatoms. The van der Waals surface area contributed by atoms with Gasteiger partial charge in [0.25, 0.3) is 0 Å². The van der Waals surface area contributed by atoms with Gasteiger partial charge in [-0.25, -0.2) is 8.78 Å². The first-order valence-corrected chi connectivity index (χ1v) is 6.71. The summed E-state index contributed by atoms with van der Waals surface area (Å²) in [6.07, 6.45) is 0.0632. The molecule has 0 saturated heterocycles. The van der Waals surface area contributed by atoms with Crippen LogP contribution in [0.25, 0.3) is 0 Å². The summed E-state index contributed by atoms with van der Waals surface area (Å²) in [6, 6.07) is 8.64. The fourth-order valence-corrected chi connectivity index (χ4v) is 2.79. The molecule has 0 heterocycles. The maximum atomic E-state index is 13.7. The topological polar surface area (TPSA) is 0 Å².